The summed E-state index contributed by atoms with van der Waals surface area (Å²) in [5.74, 6) is 2.85. The molecule has 2 aromatic carbocycles. The van der Waals surface area contributed by atoms with Gasteiger partial charge in [0.2, 0.25) is 0 Å². The van der Waals surface area contributed by atoms with Crippen molar-refractivity contribution in [1.82, 2.24) is 4.98 Å². The third-order valence-corrected chi connectivity index (χ3v) is 3.15. The normalized spacial score (nSPS) is 10.4. The molecule has 0 aliphatic rings. The Kier molecular flexibility index (Phi) is 3.60. The minimum Gasteiger partial charge on any atom is -0.497 e. The van der Waals surface area contributed by atoms with Crippen LogP contribution in [0.2, 0.25) is 0 Å². The lowest BCUT2D eigenvalue weighted by Gasteiger charge is -2.10. The number of aromatic nitrogens is 1. The van der Waals surface area contributed by atoms with Crippen molar-refractivity contribution in [2.75, 3.05) is 14.2 Å². The second-order valence-corrected chi connectivity index (χ2v) is 4.48. The summed E-state index contributed by atoms with van der Waals surface area (Å²) in [5.41, 5.74) is 0.798. The number of fused-ring (bicyclic) bond motifs is 1. The highest BCUT2D eigenvalue weighted by atomic mass is 16.5. The Balaban J connectivity index is 2.03. The number of para-hydroxylation sites is 1. The molecule has 21 heavy (non-hydrogen) atoms. The van der Waals surface area contributed by atoms with E-state index in [0.717, 1.165) is 16.7 Å². The molecule has 0 amide bonds. The first-order valence-electron chi connectivity index (χ1n) is 6.55. The number of hydrogen-bond acceptors (Lipinski definition) is 4. The van der Waals surface area contributed by atoms with Crippen LogP contribution in [0.1, 0.15) is 0 Å². The fourth-order valence-electron chi connectivity index (χ4n) is 2.12. The number of nitrogens with zero attached hydrogens (tertiary/aromatic N) is 1. The number of ether oxygens (including phenoxy) is 3. The van der Waals surface area contributed by atoms with E-state index in [1.165, 1.54) is 0 Å². The zero-order chi connectivity index (χ0) is 14.7. The first-order valence-corrected chi connectivity index (χ1v) is 6.55. The monoisotopic (exact) mass is 281 g/mol. The molecule has 0 aliphatic heterocycles. The Labute approximate surface area is 122 Å². The number of hydrogen-bond donors (Lipinski definition) is 0. The maximum Gasteiger partial charge on any atom is 0.146 e. The van der Waals surface area contributed by atoms with E-state index < -0.39 is 0 Å². The van der Waals surface area contributed by atoms with Crippen LogP contribution in [0.25, 0.3) is 10.9 Å². The molecular weight excluding hydrogens is 266 g/mol. The van der Waals surface area contributed by atoms with Gasteiger partial charge in [-0.2, -0.15) is 0 Å². The van der Waals surface area contributed by atoms with Gasteiger partial charge in [0.05, 0.1) is 25.9 Å². The summed E-state index contributed by atoms with van der Waals surface area (Å²) < 4.78 is 16.4. The number of pyridine rings is 1. The molecule has 4 heteroatoms. The smallest absolute Gasteiger partial charge is 0.146 e. The minimum atomic E-state index is 0.664. The summed E-state index contributed by atoms with van der Waals surface area (Å²) >= 11 is 0. The van der Waals surface area contributed by atoms with Gasteiger partial charge in [0.1, 0.15) is 23.0 Å². The fourth-order valence-corrected chi connectivity index (χ4v) is 2.12. The van der Waals surface area contributed by atoms with Crippen LogP contribution in [-0.2, 0) is 0 Å². The number of methoxy groups -OCH3 is 2. The second kappa shape index (κ2) is 5.71. The largest absolute Gasteiger partial charge is 0.497 e. The maximum absolute atomic E-state index is 5.79. The predicted molar refractivity (Wildman–Crippen MR) is 81.4 cm³/mol. The quantitative estimate of drug-likeness (QED) is 0.723. The molecule has 3 aromatic rings. The van der Waals surface area contributed by atoms with Gasteiger partial charge in [0, 0.05) is 17.5 Å². The Morgan fingerprint density at radius 2 is 1.62 bits per heavy atom. The molecule has 0 atom stereocenters. The first kappa shape index (κ1) is 13.2. The average Bonchev–Trinajstić information content (AvgIpc) is 2.54. The van der Waals surface area contributed by atoms with Gasteiger partial charge < -0.3 is 14.2 Å². The van der Waals surface area contributed by atoms with Crippen LogP contribution in [-0.4, -0.2) is 19.2 Å². The van der Waals surface area contributed by atoms with E-state index in [0.29, 0.717) is 17.2 Å². The fraction of sp³-hybridized carbons (Fsp3) is 0.118. The summed E-state index contributed by atoms with van der Waals surface area (Å²) in [6, 6.07) is 15.2. The molecule has 0 radical (unpaired) electrons. The van der Waals surface area contributed by atoms with E-state index in [9.17, 15) is 0 Å². The van der Waals surface area contributed by atoms with Crippen LogP contribution in [0.4, 0.5) is 0 Å². The van der Waals surface area contributed by atoms with E-state index in [1.54, 1.807) is 20.4 Å². The molecule has 0 saturated heterocycles. The third-order valence-electron chi connectivity index (χ3n) is 3.15. The van der Waals surface area contributed by atoms with E-state index >= 15 is 0 Å². The highest BCUT2D eigenvalue weighted by Gasteiger charge is 2.08. The predicted octanol–water partition coefficient (Wildman–Crippen LogP) is 4.04. The average molecular weight is 281 g/mol. The maximum atomic E-state index is 5.79. The Hall–Kier alpha value is -2.75. The van der Waals surface area contributed by atoms with Crippen molar-refractivity contribution in [3.05, 3.63) is 54.7 Å². The Bertz CT molecular complexity index is 757. The van der Waals surface area contributed by atoms with Crippen LogP contribution in [0.15, 0.2) is 54.7 Å². The van der Waals surface area contributed by atoms with Gasteiger partial charge in [-0.1, -0.05) is 18.2 Å². The van der Waals surface area contributed by atoms with Crippen molar-refractivity contribution < 1.29 is 14.2 Å². The molecular formula is C17H15NO3. The van der Waals surface area contributed by atoms with Crippen LogP contribution < -0.4 is 14.2 Å². The summed E-state index contributed by atoms with van der Waals surface area (Å²) in [6.07, 6.45) is 1.69. The van der Waals surface area contributed by atoms with E-state index in [-0.39, 0.29) is 0 Å². The van der Waals surface area contributed by atoms with Crippen molar-refractivity contribution >= 4 is 10.9 Å². The van der Waals surface area contributed by atoms with Crippen molar-refractivity contribution in [1.29, 1.82) is 0 Å². The molecule has 0 spiro atoms. The first-order chi connectivity index (χ1) is 10.3. The summed E-state index contributed by atoms with van der Waals surface area (Å²) in [6.45, 7) is 0. The molecule has 0 unspecified atom stereocenters. The zero-order valence-corrected chi connectivity index (χ0v) is 11.9. The van der Waals surface area contributed by atoms with Gasteiger partial charge in [0.15, 0.2) is 0 Å². The minimum absolute atomic E-state index is 0.664. The highest BCUT2D eigenvalue weighted by molar-refractivity contribution is 5.87. The zero-order valence-electron chi connectivity index (χ0n) is 11.9. The van der Waals surface area contributed by atoms with E-state index in [1.807, 2.05) is 48.5 Å². The van der Waals surface area contributed by atoms with Crippen molar-refractivity contribution in [3.8, 4) is 23.0 Å². The van der Waals surface area contributed by atoms with E-state index in [2.05, 4.69) is 4.98 Å². The molecule has 1 aromatic heterocycles. The molecule has 0 aliphatic carbocycles. The van der Waals surface area contributed by atoms with Gasteiger partial charge in [-0.15, -0.1) is 0 Å². The van der Waals surface area contributed by atoms with Crippen molar-refractivity contribution in [2.24, 2.45) is 0 Å². The van der Waals surface area contributed by atoms with Gasteiger partial charge in [-0.25, -0.2) is 0 Å². The second-order valence-electron chi connectivity index (χ2n) is 4.48. The van der Waals surface area contributed by atoms with Gasteiger partial charge in [-0.05, 0) is 18.2 Å². The molecule has 0 bridgehead atoms. The van der Waals surface area contributed by atoms with Gasteiger partial charge in [0.25, 0.3) is 0 Å². The molecule has 0 fully saturated rings. The summed E-state index contributed by atoms with van der Waals surface area (Å²) in [5, 5.41) is 0.881. The topological polar surface area (TPSA) is 40.6 Å². The molecule has 4 nitrogen and oxygen atoms in total. The van der Waals surface area contributed by atoms with E-state index in [4.69, 9.17) is 14.2 Å². The van der Waals surface area contributed by atoms with Crippen LogP contribution in [0.3, 0.4) is 0 Å². The lowest BCUT2D eigenvalue weighted by atomic mass is 10.2. The summed E-state index contributed by atoms with van der Waals surface area (Å²) in [7, 11) is 3.24. The molecule has 3 rings (SSSR count). The lowest BCUT2D eigenvalue weighted by Crippen LogP contribution is -1.92. The van der Waals surface area contributed by atoms with Crippen LogP contribution in [0.5, 0.6) is 23.0 Å². The number of benzene rings is 2. The van der Waals surface area contributed by atoms with Gasteiger partial charge in [-0.3, -0.25) is 4.98 Å². The lowest BCUT2D eigenvalue weighted by molar-refractivity contribution is 0.397. The Morgan fingerprint density at radius 1 is 0.810 bits per heavy atom. The summed E-state index contributed by atoms with van der Waals surface area (Å²) in [4.78, 5) is 4.41. The van der Waals surface area contributed by atoms with Crippen LogP contribution >= 0.6 is 0 Å². The van der Waals surface area contributed by atoms with Crippen molar-refractivity contribution in [3.63, 3.8) is 0 Å². The SMILES string of the molecule is COc1cc(OC)c2cc(Oc3ccccc3)cnc2c1. The molecule has 106 valence electrons. The highest BCUT2D eigenvalue weighted by Crippen LogP contribution is 2.33. The van der Waals surface area contributed by atoms with Crippen LogP contribution in [0, 0.1) is 0 Å². The number of rotatable bonds is 4. The molecule has 1 heterocycles. The third kappa shape index (κ3) is 2.74. The molecule has 0 saturated carbocycles. The molecule has 0 N–H and O–H groups in total. The Morgan fingerprint density at radius 3 is 2.33 bits per heavy atom. The van der Waals surface area contributed by atoms with Crippen molar-refractivity contribution in [2.45, 2.75) is 0 Å². The standard InChI is InChI=1S/C17H15NO3/c1-19-13-9-16-15(17(10-13)20-2)8-14(11-18-16)21-12-6-4-3-5-7-12/h3-11H,1-2H3. The van der Waals surface area contributed by atoms with Gasteiger partial charge >= 0.3 is 0 Å².